The number of hydrogen-bond acceptors (Lipinski definition) is 6. The molecule has 2 amide bonds. The summed E-state index contributed by atoms with van der Waals surface area (Å²) in [5.74, 6) is -0.256. The van der Waals surface area contributed by atoms with Gasteiger partial charge in [-0.15, -0.1) is 0 Å². The Bertz CT molecular complexity index is 1090. The van der Waals surface area contributed by atoms with Crippen molar-refractivity contribution in [2.45, 2.75) is 20.8 Å². The van der Waals surface area contributed by atoms with Crippen LogP contribution in [0.5, 0.6) is 0 Å². The summed E-state index contributed by atoms with van der Waals surface area (Å²) in [4.78, 5) is 33.5. The lowest BCUT2D eigenvalue weighted by molar-refractivity contribution is -0.118. The molecule has 0 aliphatic carbocycles. The molecule has 9 heteroatoms. The molecule has 1 aromatic carbocycles. The molecule has 1 aromatic heterocycles. The van der Waals surface area contributed by atoms with Crippen molar-refractivity contribution in [1.82, 2.24) is 14.8 Å². The standard InChI is InChI=1S/C19H19N7O2/c1-10-5-6-13(7-11(10)2)17(27)21-15-8-12(3)24-26(15)19-22-16-14(18(28)23-19)9-20-25(16)4/h5-9,14H,1-4H3,(H,21,27). The lowest BCUT2D eigenvalue weighted by Gasteiger charge is -2.17. The second kappa shape index (κ2) is 6.52. The summed E-state index contributed by atoms with van der Waals surface area (Å²) in [5.41, 5.74) is 3.33. The number of anilines is 1. The molecule has 0 spiro atoms. The van der Waals surface area contributed by atoms with Crippen LogP contribution in [0.25, 0.3) is 0 Å². The Kier molecular flexibility index (Phi) is 4.14. The van der Waals surface area contributed by atoms with Gasteiger partial charge in [0.1, 0.15) is 17.6 Å². The van der Waals surface area contributed by atoms with Crippen molar-refractivity contribution in [2.24, 2.45) is 21.0 Å². The predicted molar refractivity (Wildman–Crippen MR) is 106 cm³/mol. The number of aryl methyl sites for hydroxylation is 3. The van der Waals surface area contributed by atoms with E-state index in [-0.39, 0.29) is 17.8 Å². The quantitative estimate of drug-likeness (QED) is 0.861. The number of nitrogens with one attached hydrogen (secondary N) is 1. The zero-order valence-corrected chi connectivity index (χ0v) is 16.0. The maximum atomic E-state index is 12.7. The second-order valence-corrected chi connectivity index (χ2v) is 6.82. The lowest BCUT2D eigenvalue weighted by Crippen LogP contribution is -2.35. The topological polar surface area (TPSA) is 104 Å². The Labute approximate surface area is 161 Å². The second-order valence-electron chi connectivity index (χ2n) is 6.82. The molecule has 4 rings (SSSR count). The first-order valence-electron chi connectivity index (χ1n) is 8.78. The fourth-order valence-corrected chi connectivity index (χ4v) is 3.01. The first-order chi connectivity index (χ1) is 13.3. The highest BCUT2D eigenvalue weighted by Crippen LogP contribution is 2.20. The van der Waals surface area contributed by atoms with Gasteiger partial charge >= 0.3 is 0 Å². The summed E-state index contributed by atoms with van der Waals surface area (Å²) in [6.45, 7) is 5.73. The monoisotopic (exact) mass is 377 g/mol. The number of carbonyl (C=O) groups is 2. The van der Waals surface area contributed by atoms with Gasteiger partial charge in [0.15, 0.2) is 0 Å². The van der Waals surface area contributed by atoms with Crippen LogP contribution in [0.3, 0.4) is 0 Å². The summed E-state index contributed by atoms with van der Waals surface area (Å²) >= 11 is 0. The highest BCUT2D eigenvalue weighted by molar-refractivity contribution is 6.24. The van der Waals surface area contributed by atoms with E-state index in [9.17, 15) is 9.59 Å². The van der Waals surface area contributed by atoms with Crippen LogP contribution < -0.4 is 5.32 Å². The van der Waals surface area contributed by atoms with Crippen molar-refractivity contribution in [1.29, 1.82) is 0 Å². The molecule has 1 N–H and O–H groups in total. The molecule has 1 unspecified atom stereocenters. The predicted octanol–water partition coefficient (Wildman–Crippen LogP) is 1.75. The highest BCUT2D eigenvalue weighted by atomic mass is 16.2. The van der Waals surface area contributed by atoms with Crippen LogP contribution in [0.2, 0.25) is 0 Å². The van der Waals surface area contributed by atoms with Crippen LogP contribution in [-0.2, 0) is 4.79 Å². The van der Waals surface area contributed by atoms with E-state index in [0.717, 1.165) is 11.1 Å². The zero-order valence-electron chi connectivity index (χ0n) is 16.0. The van der Waals surface area contributed by atoms with Gasteiger partial charge in [0.05, 0.1) is 5.69 Å². The van der Waals surface area contributed by atoms with Crippen LogP contribution in [0.15, 0.2) is 39.4 Å². The Hall–Kier alpha value is -3.62. The van der Waals surface area contributed by atoms with E-state index in [1.54, 1.807) is 26.1 Å². The van der Waals surface area contributed by atoms with Gasteiger partial charge in [0, 0.05) is 24.9 Å². The molecule has 28 heavy (non-hydrogen) atoms. The first-order valence-corrected chi connectivity index (χ1v) is 8.78. The number of carbonyl (C=O) groups excluding carboxylic acids is 2. The SMILES string of the molecule is Cc1cc(NC(=O)c2ccc(C)c(C)c2)n(C2=NC(=O)C3C=NN(C)C3=N2)n1. The number of hydrazone groups is 1. The zero-order chi connectivity index (χ0) is 20.0. The third-order valence-corrected chi connectivity index (χ3v) is 4.72. The number of nitrogens with zero attached hydrogens (tertiary/aromatic N) is 6. The van der Waals surface area contributed by atoms with E-state index < -0.39 is 5.92 Å². The highest BCUT2D eigenvalue weighted by Gasteiger charge is 2.35. The van der Waals surface area contributed by atoms with E-state index >= 15 is 0 Å². The molecule has 0 fully saturated rings. The van der Waals surface area contributed by atoms with Gasteiger partial charge < -0.3 is 5.32 Å². The van der Waals surface area contributed by atoms with Crippen molar-refractivity contribution >= 4 is 35.6 Å². The molecule has 0 bridgehead atoms. The van der Waals surface area contributed by atoms with Crippen LogP contribution in [0, 0.1) is 26.7 Å². The third kappa shape index (κ3) is 3.00. The summed E-state index contributed by atoms with van der Waals surface area (Å²) < 4.78 is 1.36. The van der Waals surface area contributed by atoms with Crippen molar-refractivity contribution in [2.75, 3.05) is 12.4 Å². The van der Waals surface area contributed by atoms with Gasteiger partial charge in [0.2, 0.25) is 0 Å². The molecule has 0 radical (unpaired) electrons. The summed E-state index contributed by atoms with van der Waals surface area (Å²) in [6, 6.07) is 7.20. The van der Waals surface area contributed by atoms with E-state index in [1.165, 1.54) is 15.9 Å². The molecule has 9 nitrogen and oxygen atoms in total. The fraction of sp³-hybridized carbons (Fsp3) is 0.263. The van der Waals surface area contributed by atoms with Gasteiger partial charge in [-0.2, -0.15) is 24.9 Å². The summed E-state index contributed by atoms with van der Waals surface area (Å²) in [5, 5.41) is 12.8. The molecule has 3 heterocycles. The molecule has 1 atom stereocenters. The van der Waals surface area contributed by atoms with E-state index in [1.807, 2.05) is 26.0 Å². The molecule has 2 aliphatic rings. The Morgan fingerprint density at radius 3 is 2.64 bits per heavy atom. The van der Waals surface area contributed by atoms with Crippen molar-refractivity contribution in [3.8, 4) is 0 Å². The van der Waals surface area contributed by atoms with Gasteiger partial charge in [0.25, 0.3) is 17.8 Å². The van der Waals surface area contributed by atoms with E-state index in [0.29, 0.717) is 22.9 Å². The minimum absolute atomic E-state index is 0.0945. The van der Waals surface area contributed by atoms with E-state index in [2.05, 4.69) is 25.5 Å². The first kappa shape index (κ1) is 17.8. The van der Waals surface area contributed by atoms with Gasteiger partial charge in [-0.05, 0) is 44.0 Å². The fourth-order valence-electron chi connectivity index (χ4n) is 3.01. The lowest BCUT2D eigenvalue weighted by atomic mass is 10.1. The number of aromatic nitrogens is 2. The normalized spacial score (nSPS) is 18.1. The Morgan fingerprint density at radius 1 is 1.11 bits per heavy atom. The average molecular weight is 377 g/mol. The summed E-state index contributed by atoms with van der Waals surface area (Å²) in [6.07, 6.45) is 1.51. The van der Waals surface area contributed by atoms with Crippen LogP contribution in [-0.4, -0.2) is 51.7 Å². The number of rotatable bonds is 2. The Morgan fingerprint density at radius 2 is 1.89 bits per heavy atom. The minimum atomic E-state index is -0.570. The van der Waals surface area contributed by atoms with Crippen LogP contribution in [0.1, 0.15) is 27.2 Å². The molecule has 2 aromatic rings. The van der Waals surface area contributed by atoms with Crippen molar-refractivity contribution < 1.29 is 9.59 Å². The average Bonchev–Trinajstić information content (AvgIpc) is 3.20. The molecule has 2 aliphatic heterocycles. The molecular formula is C19H19N7O2. The van der Waals surface area contributed by atoms with Crippen molar-refractivity contribution in [3.63, 3.8) is 0 Å². The van der Waals surface area contributed by atoms with Gasteiger partial charge in [-0.1, -0.05) is 6.07 Å². The smallest absolute Gasteiger partial charge is 0.265 e. The Balaban J connectivity index is 1.66. The number of amides is 2. The number of hydrogen-bond donors (Lipinski definition) is 1. The molecule has 0 saturated heterocycles. The minimum Gasteiger partial charge on any atom is -0.306 e. The molecule has 0 saturated carbocycles. The van der Waals surface area contributed by atoms with Crippen LogP contribution >= 0.6 is 0 Å². The number of benzene rings is 1. The maximum Gasteiger partial charge on any atom is 0.265 e. The largest absolute Gasteiger partial charge is 0.306 e. The number of fused-ring (bicyclic) bond motifs is 1. The third-order valence-electron chi connectivity index (χ3n) is 4.72. The number of amidine groups is 1. The maximum absolute atomic E-state index is 12.7. The molecular weight excluding hydrogens is 358 g/mol. The van der Waals surface area contributed by atoms with Gasteiger partial charge in [-0.3, -0.25) is 14.6 Å². The number of aliphatic imine (C=N–C) groups is 2. The van der Waals surface area contributed by atoms with Gasteiger partial charge in [-0.25, -0.2) is 0 Å². The summed E-state index contributed by atoms with van der Waals surface area (Å²) in [7, 11) is 1.71. The van der Waals surface area contributed by atoms with Crippen molar-refractivity contribution in [3.05, 3.63) is 46.6 Å². The molecule has 142 valence electrons. The van der Waals surface area contributed by atoms with Crippen LogP contribution in [0.4, 0.5) is 5.82 Å². The van der Waals surface area contributed by atoms with E-state index in [4.69, 9.17) is 0 Å².